The van der Waals surface area contributed by atoms with Gasteiger partial charge in [0.25, 0.3) is 10.0 Å². The normalized spacial score (nSPS) is 13.2. The van der Waals surface area contributed by atoms with Gasteiger partial charge in [0.05, 0.1) is 21.2 Å². The first kappa shape index (κ1) is 32.9. The Bertz CT molecular complexity index is 1520. The quantitative estimate of drug-likeness (QED) is 0.276. The first-order chi connectivity index (χ1) is 19.7. The van der Waals surface area contributed by atoms with E-state index in [1.807, 2.05) is 32.9 Å². The Kier molecular flexibility index (Phi) is 10.7. The monoisotopic (exact) mass is 623 g/mol. The molecule has 0 aromatic heterocycles. The molecule has 1 N–H and O–H groups in total. The molecule has 2 atom stereocenters. The number of carbonyl (C=O) groups is 2. The number of aryl methyl sites for hydroxylation is 1. The molecule has 226 valence electrons. The fraction of sp³-hybridized carbons (Fsp3) is 0.333. The number of amides is 2. The summed E-state index contributed by atoms with van der Waals surface area (Å²) in [4.78, 5) is 28.1. The van der Waals surface area contributed by atoms with Crippen molar-refractivity contribution in [2.75, 3.05) is 10.8 Å². The van der Waals surface area contributed by atoms with Gasteiger partial charge in [-0.05, 0) is 68.7 Å². The smallest absolute Gasteiger partial charge is 0.352 e. The van der Waals surface area contributed by atoms with Crippen LogP contribution in [0.15, 0.2) is 77.7 Å². The van der Waals surface area contributed by atoms with E-state index in [0.29, 0.717) is 16.8 Å². The van der Waals surface area contributed by atoms with Crippen LogP contribution in [0, 0.1) is 6.92 Å². The second kappa shape index (κ2) is 13.6. The molecule has 0 bridgehead atoms. The van der Waals surface area contributed by atoms with E-state index in [4.69, 9.17) is 11.6 Å². The molecule has 0 saturated heterocycles. The third-order valence-corrected chi connectivity index (χ3v) is 9.04. The lowest BCUT2D eigenvalue weighted by Gasteiger charge is -2.33. The fourth-order valence-electron chi connectivity index (χ4n) is 4.15. The van der Waals surface area contributed by atoms with Crippen LogP contribution in [0.5, 0.6) is 0 Å². The van der Waals surface area contributed by atoms with Crippen molar-refractivity contribution in [1.82, 2.24) is 10.2 Å². The lowest BCUT2D eigenvalue weighted by atomic mass is 10.1. The molecule has 0 radical (unpaired) electrons. The van der Waals surface area contributed by atoms with Crippen molar-refractivity contribution < 1.29 is 31.2 Å². The largest absolute Gasteiger partial charge is 0.417 e. The molecule has 3 aromatic rings. The summed E-state index contributed by atoms with van der Waals surface area (Å²) in [7, 11) is -4.53. The highest BCUT2D eigenvalue weighted by Crippen LogP contribution is 2.38. The SMILES string of the molecule is CC[C@H](C)NC(=O)[C@@H](C)N(Cc1ccccc1C)C(=O)CN(c1ccc(Cl)c(C(F)(F)F)c1)S(=O)(=O)c1ccccc1. The standard InChI is InChI=1S/C30H33ClF3N3O4S/c1-5-21(3)35-29(39)22(4)36(18-23-12-10-9-11-20(23)2)28(38)19-37(42(40,41)25-13-7-6-8-14-25)24-15-16-27(31)26(17-24)30(32,33)34/h6-17,21-22H,5,18-19H2,1-4H3,(H,35,39)/t21-,22+/m0/s1. The van der Waals surface area contributed by atoms with Crippen molar-refractivity contribution in [2.24, 2.45) is 0 Å². The number of alkyl halides is 3. The Labute approximate surface area is 249 Å². The van der Waals surface area contributed by atoms with Crippen LogP contribution in [-0.4, -0.2) is 43.8 Å². The van der Waals surface area contributed by atoms with E-state index in [-0.39, 0.29) is 17.5 Å². The summed E-state index contributed by atoms with van der Waals surface area (Å²) >= 11 is 5.80. The van der Waals surface area contributed by atoms with Crippen molar-refractivity contribution in [3.05, 3.63) is 94.5 Å². The van der Waals surface area contributed by atoms with Gasteiger partial charge in [-0.3, -0.25) is 13.9 Å². The van der Waals surface area contributed by atoms with E-state index >= 15 is 0 Å². The topological polar surface area (TPSA) is 86.8 Å². The lowest BCUT2D eigenvalue weighted by molar-refractivity contribution is -0.139. The number of hydrogen-bond acceptors (Lipinski definition) is 4. The minimum atomic E-state index is -4.88. The molecule has 0 aliphatic carbocycles. The minimum Gasteiger partial charge on any atom is -0.352 e. The van der Waals surface area contributed by atoms with Crippen LogP contribution in [0.4, 0.5) is 18.9 Å². The van der Waals surface area contributed by atoms with E-state index in [0.717, 1.165) is 23.3 Å². The number of anilines is 1. The van der Waals surface area contributed by atoms with Gasteiger partial charge in [0.1, 0.15) is 12.6 Å². The molecular weight excluding hydrogens is 591 g/mol. The summed E-state index contributed by atoms with van der Waals surface area (Å²) in [5.41, 5.74) is -0.0969. The Morgan fingerprint density at radius 1 is 0.976 bits per heavy atom. The highest BCUT2D eigenvalue weighted by Gasteiger charge is 2.37. The summed E-state index contributed by atoms with van der Waals surface area (Å²) in [5.74, 6) is -1.23. The maximum atomic E-state index is 14.0. The summed E-state index contributed by atoms with van der Waals surface area (Å²) in [5, 5.41) is 2.21. The van der Waals surface area contributed by atoms with Crippen LogP contribution >= 0.6 is 11.6 Å². The van der Waals surface area contributed by atoms with Crippen LogP contribution in [-0.2, 0) is 32.3 Å². The van der Waals surface area contributed by atoms with Crippen molar-refractivity contribution in [1.29, 1.82) is 0 Å². The second-order valence-corrected chi connectivity index (χ2v) is 12.2. The van der Waals surface area contributed by atoms with E-state index in [2.05, 4.69) is 5.32 Å². The summed E-state index contributed by atoms with van der Waals surface area (Å²) in [6.07, 6.45) is -4.23. The molecule has 3 rings (SSSR count). The molecular formula is C30H33ClF3N3O4S. The zero-order valence-electron chi connectivity index (χ0n) is 23.7. The Morgan fingerprint density at radius 3 is 2.19 bits per heavy atom. The second-order valence-electron chi connectivity index (χ2n) is 9.93. The zero-order chi connectivity index (χ0) is 31.2. The predicted molar refractivity (Wildman–Crippen MR) is 157 cm³/mol. The molecule has 2 amide bonds. The summed E-state index contributed by atoms with van der Waals surface area (Å²) in [6.45, 7) is 6.15. The number of nitrogens with one attached hydrogen (secondary N) is 1. The van der Waals surface area contributed by atoms with Gasteiger partial charge in [0, 0.05) is 12.6 Å². The number of halogens is 4. The van der Waals surface area contributed by atoms with Gasteiger partial charge in [-0.1, -0.05) is 61.0 Å². The van der Waals surface area contributed by atoms with Crippen molar-refractivity contribution in [3.8, 4) is 0 Å². The van der Waals surface area contributed by atoms with Gasteiger partial charge in [0.2, 0.25) is 11.8 Å². The first-order valence-electron chi connectivity index (χ1n) is 13.3. The molecule has 0 aliphatic heterocycles. The Morgan fingerprint density at radius 2 is 1.60 bits per heavy atom. The van der Waals surface area contributed by atoms with E-state index in [1.165, 1.54) is 36.1 Å². The van der Waals surface area contributed by atoms with Crippen LogP contribution in [0.3, 0.4) is 0 Å². The highest BCUT2D eigenvalue weighted by molar-refractivity contribution is 7.92. The summed E-state index contributed by atoms with van der Waals surface area (Å²) < 4.78 is 69.4. The maximum Gasteiger partial charge on any atom is 0.417 e. The van der Waals surface area contributed by atoms with Gasteiger partial charge in [-0.2, -0.15) is 13.2 Å². The third kappa shape index (κ3) is 7.83. The van der Waals surface area contributed by atoms with Gasteiger partial charge < -0.3 is 10.2 Å². The predicted octanol–water partition coefficient (Wildman–Crippen LogP) is 6.19. The van der Waals surface area contributed by atoms with Crippen LogP contribution in [0.25, 0.3) is 0 Å². The molecule has 42 heavy (non-hydrogen) atoms. The molecule has 7 nitrogen and oxygen atoms in total. The van der Waals surface area contributed by atoms with Gasteiger partial charge in [-0.15, -0.1) is 0 Å². The van der Waals surface area contributed by atoms with Crippen LogP contribution < -0.4 is 9.62 Å². The van der Waals surface area contributed by atoms with Gasteiger partial charge in [-0.25, -0.2) is 8.42 Å². The minimum absolute atomic E-state index is 0.0335. The Balaban J connectivity index is 2.11. The lowest BCUT2D eigenvalue weighted by Crippen LogP contribution is -2.52. The molecule has 3 aromatic carbocycles. The van der Waals surface area contributed by atoms with Crippen molar-refractivity contribution in [2.45, 2.75) is 63.8 Å². The average molecular weight is 624 g/mol. The molecule has 0 heterocycles. The highest BCUT2D eigenvalue weighted by atomic mass is 35.5. The summed E-state index contributed by atoms with van der Waals surface area (Å²) in [6, 6.07) is 15.7. The van der Waals surface area contributed by atoms with E-state index in [1.54, 1.807) is 18.2 Å². The molecule has 0 aliphatic rings. The molecule has 0 saturated carbocycles. The Hall–Kier alpha value is -3.57. The van der Waals surface area contributed by atoms with Crippen LogP contribution in [0.1, 0.15) is 43.9 Å². The van der Waals surface area contributed by atoms with Gasteiger partial charge in [0.15, 0.2) is 0 Å². The number of hydrogen-bond donors (Lipinski definition) is 1. The number of sulfonamides is 1. The number of rotatable bonds is 11. The molecule has 0 spiro atoms. The zero-order valence-corrected chi connectivity index (χ0v) is 25.2. The molecule has 12 heteroatoms. The molecule has 0 unspecified atom stereocenters. The molecule has 0 fully saturated rings. The van der Waals surface area contributed by atoms with Crippen molar-refractivity contribution in [3.63, 3.8) is 0 Å². The maximum absolute atomic E-state index is 14.0. The number of carbonyl (C=O) groups excluding carboxylic acids is 2. The third-order valence-electron chi connectivity index (χ3n) is 6.92. The number of nitrogens with zero attached hydrogens (tertiary/aromatic N) is 2. The van der Waals surface area contributed by atoms with E-state index in [9.17, 15) is 31.2 Å². The van der Waals surface area contributed by atoms with Crippen LogP contribution in [0.2, 0.25) is 5.02 Å². The van der Waals surface area contributed by atoms with Crippen molar-refractivity contribution >= 4 is 39.1 Å². The van der Waals surface area contributed by atoms with Gasteiger partial charge >= 0.3 is 6.18 Å². The first-order valence-corrected chi connectivity index (χ1v) is 15.1. The fourth-order valence-corrected chi connectivity index (χ4v) is 5.80. The number of benzene rings is 3. The van der Waals surface area contributed by atoms with E-state index < -0.39 is 56.9 Å². The average Bonchev–Trinajstić information content (AvgIpc) is 2.95.